The number of nitrogens with zero attached hydrogens (tertiary/aromatic N) is 1. The monoisotopic (exact) mass is 532 g/mol. The molecule has 0 unspecified atom stereocenters. The molecular weight excluding hydrogens is 511 g/mol. The molecule has 2 aromatic rings. The maximum atomic E-state index is 12.9. The minimum Gasteiger partial charge on any atom is -0.462 e. The van der Waals surface area contributed by atoms with Crippen molar-refractivity contribution < 1.29 is 22.7 Å². The molecule has 1 heterocycles. The second kappa shape index (κ2) is 11.1. The SMILES string of the molecule is CCOC(=O)c1cc(NC(=O)[C@H]2CCCN(S(=O)(=O)Cc3ccc(Cl)c(Cl)c3)C2)ccc1Cl. The number of sulfonamides is 1. The molecule has 0 bridgehead atoms. The molecule has 1 fully saturated rings. The van der Waals surface area contributed by atoms with Crippen molar-refractivity contribution in [2.75, 3.05) is 25.0 Å². The minimum absolute atomic E-state index is 0.0633. The summed E-state index contributed by atoms with van der Waals surface area (Å²) in [5.74, 6) is -1.69. The van der Waals surface area contributed by atoms with Gasteiger partial charge in [-0.25, -0.2) is 17.5 Å². The van der Waals surface area contributed by atoms with Crippen LogP contribution in [0.25, 0.3) is 0 Å². The molecule has 1 aliphatic heterocycles. The third kappa shape index (κ3) is 6.61. The van der Waals surface area contributed by atoms with E-state index in [2.05, 4.69) is 5.32 Å². The van der Waals surface area contributed by atoms with E-state index in [4.69, 9.17) is 39.5 Å². The lowest BCUT2D eigenvalue weighted by Gasteiger charge is -2.31. The smallest absolute Gasteiger partial charge is 0.339 e. The van der Waals surface area contributed by atoms with Crippen LogP contribution in [-0.2, 0) is 25.3 Å². The first-order valence-electron chi connectivity index (χ1n) is 10.3. The highest BCUT2D eigenvalue weighted by Gasteiger charge is 2.32. The number of hydrogen-bond donors (Lipinski definition) is 1. The van der Waals surface area contributed by atoms with Gasteiger partial charge in [0.15, 0.2) is 0 Å². The quantitative estimate of drug-likeness (QED) is 0.505. The molecule has 0 spiro atoms. The van der Waals surface area contributed by atoms with Gasteiger partial charge in [0.1, 0.15) is 0 Å². The van der Waals surface area contributed by atoms with Crippen LogP contribution in [0.5, 0.6) is 0 Å². The number of halogens is 3. The normalized spacial score (nSPS) is 16.9. The molecule has 0 aliphatic carbocycles. The number of ether oxygens (including phenoxy) is 1. The number of carbonyl (C=O) groups is 2. The number of amides is 1. The Hall–Kier alpha value is -1.84. The summed E-state index contributed by atoms with van der Waals surface area (Å²) in [6.45, 7) is 2.28. The Morgan fingerprint density at radius 2 is 1.82 bits per heavy atom. The van der Waals surface area contributed by atoms with Gasteiger partial charge in [-0.15, -0.1) is 0 Å². The maximum absolute atomic E-state index is 12.9. The number of hydrogen-bond acceptors (Lipinski definition) is 5. The van der Waals surface area contributed by atoms with Crippen LogP contribution in [0.1, 0.15) is 35.7 Å². The molecule has 0 radical (unpaired) electrons. The van der Waals surface area contributed by atoms with Crippen LogP contribution in [0.15, 0.2) is 36.4 Å². The summed E-state index contributed by atoms with van der Waals surface area (Å²) in [5, 5.41) is 3.60. The lowest BCUT2D eigenvalue weighted by atomic mass is 9.98. The van der Waals surface area contributed by atoms with Crippen LogP contribution in [0.4, 0.5) is 5.69 Å². The molecule has 1 atom stereocenters. The summed E-state index contributed by atoms with van der Waals surface area (Å²) >= 11 is 18.0. The molecule has 33 heavy (non-hydrogen) atoms. The molecule has 1 saturated heterocycles. The number of anilines is 1. The highest BCUT2D eigenvalue weighted by molar-refractivity contribution is 7.88. The zero-order chi connectivity index (χ0) is 24.2. The van der Waals surface area contributed by atoms with Crippen LogP contribution in [0.3, 0.4) is 0 Å². The topological polar surface area (TPSA) is 92.8 Å². The van der Waals surface area contributed by atoms with E-state index in [0.29, 0.717) is 35.7 Å². The van der Waals surface area contributed by atoms with Gasteiger partial charge < -0.3 is 10.1 Å². The Labute approximate surface area is 208 Å². The van der Waals surface area contributed by atoms with Gasteiger partial charge in [-0.2, -0.15) is 0 Å². The van der Waals surface area contributed by atoms with Gasteiger partial charge in [0.2, 0.25) is 15.9 Å². The summed E-state index contributed by atoms with van der Waals surface area (Å²) in [6, 6.07) is 9.21. The van der Waals surface area contributed by atoms with Crippen molar-refractivity contribution in [3.63, 3.8) is 0 Å². The van der Waals surface area contributed by atoms with Gasteiger partial charge >= 0.3 is 5.97 Å². The minimum atomic E-state index is -3.66. The van der Waals surface area contributed by atoms with E-state index in [1.807, 2.05) is 0 Å². The van der Waals surface area contributed by atoms with E-state index < -0.39 is 21.9 Å². The van der Waals surface area contributed by atoms with Crippen molar-refractivity contribution in [2.45, 2.75) is 25.5 Å². The molecule has 1 aliphatic rings. The van der Waals surface area contributed by atoms with E-state index in [0.717, 1.165) is 0 Å². The highest BCUT2D eigenvalue weighted by atomic mass is 35.5. The van der Waals surface area contributed by atoms with Crippen LogP contribution >= 0.6 is 34.8 Å². The van der Waals surface area contributed by atoms with E-state index in [9.17, 15) is 18.0 Å². The van der Waals surface area contributed by atoms with E-state index in [1.54, 1.807) is 25.1 Å². The summed E-state index contributed by atoms with van der Waals surface area (Å²) in [6.07, 6.45) is 1.09. The van der Waals surface area contributed by atoms with E-state index >= 15 is 0 Å². The van der Waals surface area contributed by atoms with Crippen molar-refractivity contribution in [1.82, 2.24) is 4.31 Å². The third-order valence-electron chi connectivity index (χ3n) is 5.21. The predicted octanol–water partition coefficient (Wildman–Crippen LogP) is 5.00. The lowest BCUT2D eigenvalue weighted by Crippen LogP contribution is -2.44. The largest absolute Gasteiger partial charge is 0.462 e. The van der Waals surface area contributed by atoms with Crippen LogP contribution < -0.4 is 5.32 Å². The Kier molecular flexibility index (Phi) is 8.64. The average Bonchev–Trinajstić information content (AvgIpc) is 2.77. The van der Waals surface area contributed by atoms with Crippen molar-refractivity contribution in [1.29, 1.82) is 0 Å². The number of rotatable bonds is 7. The maximum Gasteiger partial charge on any atom is 0.339 e. The molecule has 1 amide bonds. The van der Waals surface area contributed by atoms with E-state index in [-0.39, 0.29) is 40.4 Å². The molecular formula is C22H23Cl3N2O5S. The Balaban J connectivity index is 1.68. The van der Waals surface area contributed by atoms with Gasteiger partial charge in [0, 0.05) is 18.8 Å². The molecule has 2 aromatic carbocycles. The summed E-state index contributed by atoms with van der Waals surface area (Å²) in [7, 11) is -3.66. The molecule has 3 rings (SSSR count). The first kappa shape index (κ1) is 25.8. The fourth-order valence-corrected chi connectivity index (χ4v) is 5.67. The van der Waals surface area contributed by atoms with Gasteiger partial charge in [0.25, 0.3) is 0 Å². The Morgan fingerprint density at radius 1 is 1.09 bits per heavy atom. The van der Waals surface area contributed by atoms with Gasteiger partial charge in [0.05, 0.1) is 38.9 Å². The number of nitrogens with one attached hydrogen (secondary N) is 1. The Bertz CT molecular complexity index is 1160. The fourth-order valence-electron chi connectivity index (χ4n) is 3.55. The summed E-state index contributed by atoms with van der Waals surface area (Å²) in [5.41, 5.74) is 1.04. The van der Waals surface area contributed by atoms with Crippen LogP contribution in [0, 0.1) is 5.92 Å². The van der Waals surface area contributed by atoms with Gasteiger partial charge in [-0.3, -0.25) is 4.79 Å². The Morgan fingerprint density at radius 3 is 2.52 bits per heavy atom. The molecule has 11 heteroatoms. The third-order valence-corrected chi connectivity index (χ3v) is 8.10. The van der Waals surface area contributed by atoms with Crippen molar-refractivity contribution in [3.05, 3.63) is 62.6 Å². The second-order valence-electron chi connectivity index (χ2n) is 7.61. The fraction of sp³-hybridized carbons (Fsp3) is 0.364. The zero-order valence-corrected chi connectivity index (χ0v) is 20.9. The van der Waals surface area contributed by atoms with Crippen molar-refractivity contribution >= 4 is 62.4 Å². The van der Waals surface area contributed by atoms with Crippen molar-refractivity contribution in [3.8, 4) is 0 Å². The van der Waals surface area contributed by atoms with Gasteiger partial charge in [-0.1, -0.05) is 40.9 Å². The number of benzene rings is 2. The number of esters is 1. The van der Waals surface area contributed by atoms with Crippen LogP contribution in [-0.4, -0.2) is 44.3 Å². The number of carbonyl (C=O) groups excluding carboxylic acids is 2. The van der Waals surface area contributed by atoms with E-state index in [1.165, 1.54) is 22.5 Å². The molecule has 1 N–H and O–H groups in total. The van der Waals surface area contributed by atoms with Crippen LogP contribution in [0.2, 0.25) is 15.1 Å². The first-order chi connectivity index (χ1) is 15.6. The first-order valence-corrected chi connectivity index (χ1v) is 13.0. The van der Waals surface area contributed by atoms with Gasteiger partial charge in [-0.05, 0) is 55.7 Å². The molecule has 178 valence electrons. The number of piperidine rings is 1. The summed E-state index contributed by atoms with van der Waals surface area (Å²) < 4.78 is 32.2. The summed E-state index contributed by atoms with van der Waals surface area (Å²) in [4.78, 5) is 24.9. The standard InChI is InChI=1S/C22H23Cl3N2O5S/c1-2-32-22(29)17-11-16(6-8-18(17)23)26-21(28)15-4-3-9-27(12-15)33(30,31)13-14-5-7-19(24)20(25)10-14/h5-8,10-11,15H,2-4,9,12-13H2,1H3,(H,26,28)/t15-/m0/s1. The van der Waals surface area contributed by atoms with Crippen molar-refractivity contribution in [2.24, 2.45) is 5.92 Å². The molecule has 0 aromatic heterocycles. The molecule has 0 saturated carbocycles. The average molecular weight is 534 g/mol. The second-order valence-corrected chi connectivity index (χ2v) is 10.8. The lowest BCUT2D eigenvalue weighted by molar-refractivity contribution is -0.120. The molecule has 7 nitrogen and oxygen atoms in total. The predicted molar refractivity (Wildman–Crippen MR) is 129 cm³/mol. The zero-order valence-electron chi connectivity index (χ0n) is 17.8. The highest BCUT2D eigenvalue weighted by Crippen LogP contribution is 2.27.